The molecule has 0 radical (unpaired) electrons. The average Bonchev–Trinajstić information content (AvgIpc) is 2.78. The number of carbonyl (C=O) groups excluding carboxylic acids is 2. The van der Waals surface area contributed by atoms with Gasteiger partial charge in [-0.25, -0.2) is 9.59 Å². The SMILES string of the molecule is CC=CC(=O)OC(=C(OCCC(=S)CCCC)C(=O)OCC)C(OCC)OCCC(=S)CC. The fraction of sp³-hybridized carbons (Fsp3) is 0.667. The van der Waals surface area contributed by atoms with Gasteiger partial charge in [-0.3, -0.25) is 0 Å². The van der Waals surface area contributed by atoms with E-state index in [0.29, 0.717) is 12.8 Å². The zero-order chi connectivity index (χ0) is 25.1. The first-order chi connectivity index (χ1) is 15.8. The molecule has 0 aliphatic heterocycles. The number of allylic oxidation sites excluding steroid dienone is 1. The molecule has 0 saturated heterocycles. The lowest BCUT2D eigenvalue weighted by molar-refractivity contribution is -0.161. The van der Waals surface area contributed by atoms with E-state index in [1.54, 1.807) is 20.8 Å². The number of carbonyl (C=O) groups is 2. The minimum absolute atomic E-state index is 0.113. The molecule has 0 aromatic rings. The highest BCUT2D eigenvalue weighted by Gasteiger charge is 2.30. The third-order valence-corrected chi connectivity index (χ3v) is 5.11. The van der Waals surface area contributed by atoms with E-state index in [1.165, 1.54) is 12.2 Å². The van der Waals surface area contributed by atoms with E-state index in [9.17, 15) is 9.59 Å². The molecule has 0 bridgehead atoms. The lowest BCUT2D eigenvalue weighted by atomic mass is 10.1. The van der Waals surface area contributed by atoms with Crippen molar-refractivity contribution in [1.82, 2.24) is 0 Å². The summed E-state index contributed by atoms with van der Waals surface area (Å²) in [4.78, 5) is 26.7. The molecule has 0 amide bonds. The Balaban J connectivity index is 5.94. The number of rotatable bonds is 19. The Labute approximate surface area is 208 Å². The Morgan fingerprint density at radius 3 is 2.15 bits per heavy atom. The molecule has 1 atom stereocenters. The molecule has 0 aromatic heterocycles. The van der Waals surface area contributed by atoms with E-state index in [0.717, 1.165) is 35.4 Å². The van der Waals surface area contributed by atoms with Crippen molar-refractivity contribution in [2.24, 2.45) is 0 Å². The maximum atomic E-state index is 12.7. The fourth-order valence-corrected chi connectivity index (χ4v) is 2.79. The van der Waals surface area contributed by atoms with E-state index in [2.05, 4.69) is 6.92 Å². The zero-order valence-electron chi connectivity index (χ0n) is 20.5. The third-order valence-electron chi connectivity index (χ3n) is 4.21. The maximum Gasteiger partial charge on any atom is 0.377 e. The molecule has 7 nitrogen and oxygen atoms in total. The molecule has 188 valence electrons. The Kier molecular flexibility index (Phi) is 18.8. The van der Waals surface area contributed by atoms with Crippen LogP contribution in [0.3, 0.4) is 0 Å². The third kappa shape index (κ3) is 14.2. The Bertz CT molecular complexity index is 686. The highest BCUT2D eigenvalue weighted by atomic mass is 32.1. The van der Waals surface area contributed by atoms with Crippen molar-refractivity contribution in [1.29, 1.82) is 0 Å². The summed E-state index contributed by atoms with van der Waals surface area (Å²) in [7, 11) is 0. The summed E-state index contributed by atoms with van der Waals surface area (Å²) >= 11 is 10.6. The second-order valence-electron chi connectivity index (χ2n) is 6.88. The largest absolute Gasteiger partial charge is 0.484 e. The van der Waals surface area contributed by atoms with Gasteiger partial charge < -0.3 is 23.7 Å². The fourth-order valence-electron chi connectivity index (χ4n) is 2.48. The average molecular weight is 503 g/mol. The summed E-state index contributed by atoms with van der Waals surface area (Å²) in [5.41, 5.74) is 0. The lowest BCUT2D eigenvalue weighted by Gasteiger charge is -2.22. The normalized spacial score (nSPS) is 12.8. The summed E-state index contributed by atoms with van der Waals surface area (Å²) in [6, 6.07) is 0. The topological polar surface area (TPSA) is 80.3 Å². The van der Waals surface area contributed by atoms with Crippen LogP contribution in [0.1, 0.15) is 73.1 Å². The molecule has 9 heteroatoms. The standard InChI is InChI=1S/C24H38O7S2/c1-6-11-13-19(33)15-16-29-21(23(26)27-9-4)22(31-20(25)12-7-2)24(28-10-5)30-17-14-18(32)8-3/h7,12,24H,6,8-11,13-17H2,1-5H3. The van der Waals surface area contributed by atoms with Gasteiger partial charge in [0.2, 0.25) is 17.8 Å². The zero-order valence-corrected chi connectivity index (χ0v) is 22.1. The minimum atomic E-state index is -1.16. The number of ether oxygens (including phenoxy) is 5. The van der Waals surface area contributed by atoms with Crippen LogP contribution >= 0.6 is 24.4 Å². The first-order valence-electron chi connectivity index (χ1n) is 11.5. The molecule has 0 spiro atoms. The molecule has 0 aliphatic rings. The second kappa shape index (κ2) is 19.8. The van der Waals surface area contributed by atoms with Crippen LogP contribution in [0.4, 0.5) is 0 Å². The van der Waals surface area contributed by atoms with Crippen molar-refractivity contribution in [3.63, 3.8) is 0 Å². The van der Waals surface area contributed by atoms with Crippen molar-refractivity contribution >= 4 is 46.1 Å². The van der Waals surface area contributed by atoms with Gasteiger partial charge in [0.1, 0.15) is 0 Å². The van der Waals surface area contributed by atoms with E-state index >= 15 is 0 Å². The van der Waals surface area contributed by atoms with Gasteiger partial charge >= 0.3 is 11.9 Å². The van der Waals surface area contributed by atoms with Crippen LogP contribution in [0.5, 0.6) is 0 Å². The summed E-state index contributed by atoms with van der Waals surface area (Å²) < 4.78 is 27.8. The highest BCUT2D eigenvalue weighted by Crippen LogP contribution is 2.20. The van der Waals surface area contributed by atoms with E-state index in [-0.39, 0.29) is 37.9 Å². The van der Waals surface area contributed by atoms with Gasteiger partial charge in [0, 0.05) is 25.5 Å². The highest BCUT2D eigenvalue weighted by molar-refractivity contribution is 7.80. The molecule has 0 N–H and O–H groups in total. The van der Waals surface area contributed by atoms with Gasteiger partial charge in [0.15, 0.2) is 0 Å². The number of hydrogen-bond acceptors (Lipinski definition) is 9. The van der Waals surface area contributed by atoms with Crippen LogP contribution in [0, 0.1) is 0 Å². The predicted molar refractivity (Wildman–Crippen MR) is 136 cm³/mol. The van der Waals surface area contributed by atoms with E-state index in [1.807, 2.05) is 6.92 Å². The number of hydrogen-bond donors (Lipinski definition) is 0. The first kappa shape index (κ1) is 31.3. The Morgan fingerprint density at radius 2 is 1.58 bits per heavy atom. The van der Waals surface area contributed by atoms with Gasteiger partial charge in [0.25, 0.3) is 0 Å². The smallest absolute Gasteiger partial charge is 0.377 e. The van der Waals surface area contributed by atoms with Crippen molar-refractivity contribution in [3.8, 4) is 0 Å². The molecule has 0 heterocycles. The summed E-state index contributed by atoms with van der Waals surface area (Å²) in [5.74, 6) is -1.95. The van der Waals surface area contributed by atoms with Crippen LogP contribution < -0.4 is 0 Å². The lowest BCUT2D eigenvalue weighted by Crippen LogP contribution is -2.29. The van der Waals surface area contributed by atoms with Crippen LogP contribution in [0.2, 0.25) is 0 Å². The number of unbranched alkanes of at least 4 members (excludes halogenated alkanes) is 1. The molecular weight excluding hydrogens is 464 g/mol. The number of esters is 2. The van der Waals surface area contributed by atoms with Crippen molar-refractivity contribution in [2.75, 3.05) is 26.4 Å². The minimum Gasteiger partial charge on any atom is -0.484 e. The van der Waals surface area contributed by atoms with E-state index < -0.39 is 18.2 Å². The second-order valence-corrected chi connectivity index (χ2v) is 8.03. The van der Waals surface area contributed by atoms with Crippen molar-refractivity contribution < 1.29 is 33.3 Å². The van der Waals surface area contributed by atoms with Gasteiger partial charge in [0.05, 0.1) is 19.8 Å². The summed E-state index contributed by atoms with van der Waals surface area (Å²) in [6.45, 7) is 9.86. The quantitative estimate of drug-likeness (QED) is 0.0758. The molecule has 0 rings (SSSR count). The molecule has 0 saturated carbocycles. The Morgan fingerprint density at radius 1 is 0.879 bits per heavy atom. The first-order valence-corrected chi connectivity index (χ1v) is 12.3. The molecule has 1 unspecified atom stereocenters. The van der Waals surface area contributed by atoms with Crippen LogP contribution in [-0.2, 0) is 33.3 Å². The van der Waals surface area contributed by atoms with Crippen molar-refractivity contribution in [3.05, 3.63) is 23.7 Å². The summed E-state index contributed by atoms with van der Waals surface area (Å²) in [5, 5.41) is 0. The maximum absolute atomic E-state index is 12.7. The van der Waals surface area contributed by atoms with Gasteiger partial charge in [-0.05, 0) is 49.8 Å². The monoisotopic (exact) mass is 502 g/mol. The summed E-state index contributed by atoms with van der Waals surface area (Å²) in [6.07, 6.45) is 6.15. The molecule has 33 heavy (non-hydrogen) atoms. The molecular formula is C24H38O7S2. The van der Waals surface area contributed by atoms with E-state index in [4.69, 9.17) is 48.1 Å². The van der Waals surface area contributed by atoms with Gasteiger partial charge in [-0.1, -0.05) is 50.8 Å². The van der Waals surface area contributed by atoms with Gasteiger partial charge in [-0.15, -0.1) is 0 Å². The molecule has 0 fully saturated rings. The van der Waals surface area contributed by atoms with Gasteiger partial charge in [-0.2, -0.15) is 0 Å². The molecule has 0 aliphatic carbocycles. The number of thiocarbonyl (C=S) groups is 2. The van der Waals surface area contributed by atoms with Crippen LogP contribution in [0.15, 0.2) is 23.7 Å². The molecule has 0 aromatic carbocycles. The van der Waals surface area contributed by atoms with Crippen molar-refractivity contribution in [2.45, 2.75) is 79.4 Å². The Hall–Kier alpha value is -1.68. The predicted octanol–water partition coefficient (Wildman–Crippen LogP) is 5.40. The van der Waals surface area contributed by atoms with Crippen LogP contribution in [-0.4, -0.2) is 54.4 Å². The van der Waals surface area contributed by atoms with Crippen LogP contribution in [0.25, 0.3) is 0 Å².